The SMILES string of the molecule is O=C(C(O)c1ccccc1)N1CCCC1CN1CCOCC1. The summed E-state index contributed by atoms with van der Waals surface area (Å²) in [5.74, 6) is -0.165. The van der Waals surface area contributed by atoms with Gasteiger partial charge in [-0.25, -0.2) is 0 Å². The van der Waals surface area contributed by atoms with Crippen LogP contribution in [0.1, 0.15) is 24.5 Å². The van der Waals surface area contributed by atoms with Crippen LogP contribution in [0.3, 0.4) is 0 Å². The molecule has 0 spiro atoms. The summed E-state index contributed by atoms with van der Waals surface area (Å²) in [4.78, 5) is 16.9. The van der Waals surface area contributed by atoms with Gasteiger partial charge in [-0.1, -0.05) is 30.3 Å². The molecular formula is C17H24N2O3. The van der Waals surface area contributed by atoms with Crippen molar-refractivity contribution in [3.05, 3.63) is 35.9 Å². The smallest absolute Gasteiger partial charge is 0.256 e. The summed E-state index contributed by atoms with van der Waals surface area (Å²) in [6.45, 7) is 5.04. The molecule has 3 rings (SSSR count). The quantitative estimate of drug-likeness (QED) is 0.903. The van der Waals surface area contributed by atoms with Crippen molar-refractivity contribution in [2.45, 2.75) is 25.0 Å². The minimum atomic E-state index is -1.05. The fourth-order valence-corrected chi connectivity index (χ4v) is 3.33. The maximum atomic E-state index is 12.6. The highest BCUT2D eigenvalue weighted by Crippen LogP contribution is 2.24. The second-order valence-electron chi connectivity index (χ2n) is 6.05. The number of carbonyl (C=O) groups is 1. The Hall–Kier alpha value is -1.43. The summed E-state index contributed by atoms with van der Waals surface area (Å²) >= 11 is 0. The largest absolute Gasteiger partial charge is 0.379 e. The molecule has 2 aliphatic heterocycles. The highest BCUT2D eigenvalue weighted by atomic mass is 16.5. The Morgan fingerprint density at radius 2 is 1.95 bits per heavy atom. The Bertz CT molecular complexity index is 488. The molecule has 2 heterocycles. The van der Waals surface area contributed by atoms with Gasteiger partial charge in [-0.3, -0.25) is 9.69 Å². The third-order valence-electron chi connectivity index (χ3n) is 4.58. The minimum absolute atomic E-state index is 0.165. The molecule has 0 aromatic heterocycles. The second kappa shape index (κ2) is 7.22. The monoisotopic (exact) mass is 304 g/mol. The number of nitrogens with zero attached hydrogens (tertiary/aromatic N) is 2. The van der Waals surface area contributed by atoms with E-state index in [9.17, 15) is 9.90 Å². The number of aliphatic hydroxyl groups excluding tert-OH is 1. The molecule has 0 saturated carbocycles. The van der Waals surface area contributed by atoms with E-state index in [0.717, 1.165) is 52.2 Å². The summed E-state index contributed by atoms with van der Waals surface area (Å²) in [6.07, 6.45) is 0.985. The predicted octanol–water partition coefficient (Wildman–Crippen LogP) is 1.04. The van der Waals surface area contributed by atoms with Gasteiger partial charge in [0.15, 0.2) is 6.10 Å². The van der Waals surface area contributed by atoms with Crippen LogP contribution in [0, 0.1) is 0 Å². The Morgan fingerprint density at radius 1 is 1.23 bits per heavy atom. The van der Waals surface area contributed by atoms with Crippen LogP contribution in [0.4, 0.5) is 0 Å². The van der Waals surface area contributed by atoms with Crippen LogP contribution in [-0.2, 0) is 9.53 Å². The molecule has 5 heteroatoms. The van der Waals surface area contributed by atoms with E-state index in [1.54, 1.807) is 12.1 Å². The minimum Gasteiger partial charge on any atom is -0.379 e. The molecule has 2 aliphatic rings. The van der Waals surface area contributed by atoms with Crippen LogP contribution in [0.5, 0.6) is 0 Å². The van der Waals surface area contributed by atoms with Crippen LogP contribution in [0.25, 0.3) is 0 Å². The zero-order valence-corrected chi connectivity index (χ0v) is 12.9. The molecule has 0 radical (unpaired) electrons. The Balaban J connectivity index is 1.63. The first kappa shape index (κ1) is 15.5. The lowest BCUT2D eigenvalue weighted by Crippen LogP contribution is -2.47. The second-order valence-corrected chi connectivity index (χ2v) is 6.05. The van der Waals surface area contributed by atoms with E-state index in [-0.39, 0.29) is 11.9 Å². The number of amides is 1. The van der Waals surface area contributed by atoms with Gasteiger partial charge in [0.25, 0.3) is 5.91 Å². The van der Waals surface area contributed by atoms with Gasteiger partial charge in [0.05, 0.1) is 13.2 Å². The molecule has 0 aliphatic carbocycles. The summed E-state index contributed by atoms with van der Waals surface area (Å²) in [5, 5.41) is 10.3. The Morgan fingerprint density at radius 3 is 2.68 bits per heavy atom. The third kappa shape index (κ3) is 3.48. The van der Waals surface area contributed by atoms with Crippen molar-refractivity contribution < 1.29 is 14.6 Å². The number of aliphatic hydroxyl groups is 1. The number of carbonyl (C=O) groups excluding carboxylic acids is 1. The standard InChI is InChI=1S/C17H24N2O3/c20-16(14-5-2-1-3-6-14)17(21)19-8-4-7-15(19)13-18-9-11-22-12-10-18/h1-3,5-6,15-16,20H,4,7-13H2. The highest BCUT2D eigenvalue weighted by Gasteiger charge is 2.34. The molecule has 1 N–H and O–H groups in total. The summed E-state index contributed by atoms with van der Waals surface area (Å²) in [5.41, 5.74) is 0.671. The average Bonchev–Trinajstić information content (AvgIpc) is 3.03. The van der Waals surface area contributed by atoms with Gasteiger partial charge in [0.2, 0.25) is 0 Å². The average molecular weight is 304 g/mol. The number of rotatable bonds is 4. The van der Waals surface area contributed by atoms with E-state index in [2.05, 4.69) is 4.90 Å². The topological polar surface area (TPSA) is 53.0 Å². The van der Waals surface area contributed by atoms with Crippen molar-refractivity contribution in [3.63, 3.8) is 0 Å². The van der Waals surface area contributed by atoms with Crippen molar-refractivity contribution in [1.29, 1.82) is 0 Å². The maximum absolute atomic E-state index is 12.6. The molecule has 1 aromatic rings. The first-order valence-corrected chi connectivity index (χ1v) is 8.09. The molecule has 5 nitrogen and oxygen atoms in total. The molecule has 120 valence electrons. The molecule has 2 saturated heterocycles. The summed E-state index contributed by atoms with van der Waals surface area (Å²) < 4.78 is 5.37. The van der Waals surface area contributed by atoms with Gasteiger partial charge < -0.3 is 14.7 Å². The fraction of sp³-hybridized carbons (Fsp3) is 0.588. The third-order valence-corrected chi connectivity index (χ3v) is 4.58. The number of morpholine rings is 1. The Kier molecular flexibility index (Phi) is 5.08. The van der Waals surface area contributed by atoms with E-state index in [1.807, 2.05) is 23.1 Å². The van der Waals surface area contributed by atoms with Gasteiger partial charge in [0.1, 0.15) is 0 Å². The molecule has 2 unspecified atom stereocenters. The lowest BCUT2D eigenvalue weighted by atomic mass is 10.1. The molecule has 22 heavy (non-hydrogen) atoms. The summed E-state index contributed by atoms with van der Waals surface area (Å²) in [7, 11) is 0. The molecule has 1 amide bonds. The number of benzene rings is 1. The van der Waals surface area contributed by atoms with Crippen LogP contribution in [0.2, 0.25) is 0 Å². The van der Waals surface area contributed by atoms with E-state index >= 15 is 0 Å². The van der Waals surface area contributed by atoms with E-state index in [4.69, 9.17) is 4.74 Å². The first-order valence-electron chi connectivity index (χ1n) is 8.09. The van der Waals surface area contributed by atoms with Crippen molar-refractivity contribution in [1.82, 2.24) is 9.80 Å². The lowest BCUT2D eigenvalue weighted by Gasteiger charge is -2.33. The highest BCUT2D eigenvalue weighted by molar-refractivity contribution is 5.82. The molecular weight excluding hydrogens is 280 g/mol. The number of hydrogen-bond donors (Lipinski definition) is 1. The van der Waals surface area contributed by atoms with E-state index < -0.39 is 6.10 Å². The zero-order chi connectivity index (χ0) is 15.4. The fourth-order valence-electron chi connectivity index (χ4n) is 3.33. The first-order chi connectivity index (χ1) is 10.8. The van der Waals surface area contributed by atoms with Crippen molar-refractivity contribution in [2.24, 2.45) is 0 Å². The van der Waals surface area contributed by atoms with Crippen molar-refractivity contribution in [3.8, 4) is 0 Å². The van der Waals surface area contributed by atoms with Crippen molar-refractivity contribution in [2.75, 3.05) is 39.4 Å². The Labute approximate surface area is 131 Å². The molecule has 0 bridgehead atoms. The van der Waals surface area contributed by atoms with Gasteiger partial charge in [-0.05, 0) is 18.4 Å². The van der Waals surface area contributed by atoms with Gasteiger partial charge in [-0.15, -0.1) is 0 Å². The van der Waals surface area contributed by atoms with Gasteiger partial charge in [-0.2, -0.15) is 0 Å². The van der Waals surface area contributed by atoms with E-state index in [1.165, 1.54) is 0 Å². The molecule has 1 aromatic carbocycles. The van der Waals surface area contributed by atoms with Gasteiger partial charge >= 0.3 is 0 Å². The molecule has 2 fully saturated rings. The number of hydrogen-bond acceptors (Lipinski definition) is 4. The van der Waals surface area contributed by atoms with Crippen LogP contribution >= 0.6 is 0 Å². The predicted molar refractivity (Wildman–Crippen MR) is 83.4 cm³/mol. The number of likely N-dealkylation sites (tertiary alicyclic amines) is 1. The maximum Gasteiger partial charge on any atom is 0.256 e. The number of ether oxygens (including phenoxy) is 1. The van der Waals surface area contributed by atoms with Gasteiger partial charge in [0, 0.05) is 32.2 Å². The van der Waals surface area contributed by atoms with Crippen LogP contribution in [0.15, 0.2) is 30.3 Å². The van der Waals surface area contributed by atoms with Crippen LogP contribution < -0.4 is 0 Å². The van der Waals surface area contributed by atoms with Crippen molar-refractivity contribution >= 4 is 5.91 Å². The lowest BCUT2D eigenvalue weighted by molar-refractivity contribution is -0.141. The molecule has 2 atom stereocenters. The zero-order valence-electron chi connectivity index (χ0n) is 12.9. The van der Waals surface area contributed by atoms with E-state index in [0.29, 0.717) is 5.56 Å². The normalized spacial score (nSPS) is 24.4. The summed E-state index contributed by atoms with van der Waals surface area (Å²) in [6, 6.07) is 9.40. The van der Waals surface area contributed by atoms with Crippen LogP contribution in [-0.4, -0.2) is 66.2 Å².